The predicted molar refractivity (Wildman–Crippen MR) is 164 cm³/mol. The van der Waals surface area contributed by atoms with Crippen LogP contribution in [-0.2, 0) is 32.2 Å². The quantitative estimate of drug-likeness (QED) is 0.255. The summed E-state index contributed by atoms with van der Waals surface area (Å²) in [6, 6.07) is 9.52. The highest BCUT2D eigenvalue weighted by Gasteiger charge is 2.46. The van der Waals surface area contributed by atoms with E-state index >= 15 is 0 Å². The van der Waals surface area contributed by atoms with Crippen LogP contribution in [0.3, 0.4) is 0 Å². The van der Waals surface area contributed by atoms with Crippen molar-refractivity contribution in [1.82, 2.24) is 15.3 Å². The van der Waals surface area contributed by atoms with Crippen LogP contribution >= 0.6 is 0 Å². The fourth-order valence-electron chi connectivity index (χ4n) is 5.86. The fraction of sp³-hybridized carbons (Fsp3) is 0.559. The molecule has 1 fully saturated rings. The molecular weight excluding hydrogens is 628 g/mol. The number of ether oxygens (including phenoxy) is 1. The normalized spacial score (nSPS) is 19.8. The Labute approximate surface area is 271 Å². The van der Waals surface area contributed by atoms with Gasteiger partial charge in [0.05, 0.1) is 34.2 Å². The van der Waals surface area contributed by atoms with Crippen LogP contribution in [0.5, 0.6) is 0 Å². The molecule has 3 amide bonds. The molecule has 1 saturated carbocycles. The first-order valence-corrected chi connectivity index (χ1v) is 15.4. The summed E-state index contributed by atoms with van der Waals surface area (Å²) in [5.74, 6) is -2.52. The van der Waals surface area contributed by atoms with E-state index in [1.165, 1.54) is 23.9 Å². The van der Waals surface area contributed by atoms with E-state index in [1.54, 1.807) is 71.9 Å². The van der Waals surface area contributed by atoms with Crippen LogP contribution in [0.15, 0.2) is 48.5 Å². The zero-order chi connectivity index (χ0) is 35.8. The Morgan fingerprint density at radius 3 is 1.74 bits per heavy atom. The Hall–Kier alpha value is -3.77. The molecule has 0 aliphatic heterocycles. The number of halogens is 6. The summed E-state index contributed by atoms with van der Waals surface area (Å²) in [5, 5.41) is 5.64. The third kappa shape index (κ3) is 9.19. The molecule has 1 aliphatic rings. The number of hydrogen-bond acceptors (Lipinski definition) is 4. The number of carbonyl (C=O) groups excluding carboxylic acids is 3. The summed E-state index contributed by atoms with van der Waals surface area (Å²) in [4.78, 5) is 40.2. The van der Waals surface area contributed by atoms with Crippen molar-refractivity contribution in [3.05, 3.63) is 70.8 Å². The van der Waals surface area contributed by atoms with E-state index in [2.05, 4.69) is 5.32 Å². The van der Waals surface area contributed by atoms with Crippen LogP contribution in [0.1, 0.15) is 109 Å². The lowest BCUT2D eigenvalue weighted by Crippen LogP contribution is -2.63. The molecule has 2 aromatic carbocycles. The van der Waals surface area contributed by atoms with E-state index in [9.17, 15) is 40.7 Å². The van der Waals surface area contributed by atoms with Crippen molar-refractivity contribution < 1.29 is 45.5 Å². The van der Waals surface area contributed by atoms with Crippen LogP contribution in [0, 0.1) is 0 Å². The Bertz CT molecular complexity index is 1400. The van der Waals surface area contributed by atoms with Crippen LogP contribution in [0.25, 0.3) is 0 Å². The third-order valence-corrected chi connectivity index (χ3v) is 8.09. The van der Waals surface area contributed by atoms with Gasteiger partial charge < -0.3 is 10.1 Å². The van der Waals surface area contributed by atoms with Gasteiger partial charge in [0.1, 0.15) is 5.60 Å². The van der Waals surface area contributed by atoms with Crippen molar-refractivity contribution >= 4 is 17.9 Å². The number of nitrogens with one attached hydrogen (secondary N) is 1. The first-order chi connectivity index (χ1) is 21.4. The number of benzene rings is 2. The number of hydrazine groups is 1. The molecule has 0 radical (unpaired) electrons. The number of hydrogen-bond donors (Lipinski definition) is 1. The molecule has 0 bridgehead atoms. The molecule has 7 nitrogen and oxygen atoms in total. The Balaban J connectivity index is 1.97. The lowest BCUT2D eigenvalue weighted by molar-refractivity contribution is -0.165. The van der Waals surface area contributed by atoms with Gasteiger partial charge in [0, 0.05) is 6.92 Å². The van der Waals surface area contributed by atoms with E-state index in [1.807, 2.05) is 0 Å². The van der Waals surface area contributed by atoms with Crippen molar-refractivity contribution in [2.24, 2.45) is 0 Å². The van der Waals surface area contributed by atoms with Crippen molar-refractivity contribution in [2.45, 2.75) is 122 Å². The average Bonchev–Trinajstić information content (AvgIpc) is 2.93. The molecule has 0 aromatic heterocycles. The maximum Gasteiger partial charge on any atom is 0.429 e. The van der Waals surface area contributed by atoms with Gasteiger partial charge in [0.25, 0.3) is 0 Å². The minimum atomic E-state index is -5.06. The molecule has 1 atom stereocenters. The summed E-state index contributed by atoms with van der Waals surface area (Å²) >= 11 is 0. The Morgan fingerprint density at radius 2 is 1.34 bits per heavy atom. The molecule has 0 spiro atoms. The zero-order valence-electron chi connectivity index (χ0n) is 27.9. The van der Waals surface area contributed by atoms with E-state index < -0.39 is 75.6 Å². The standard InChI is InChI=1S/C34H43F6N3O4/c1-21(23-18-25(33(35,36)37)20-26(19-23)34(38,39)40)28(45)41-32(24-12-10-9-11-13-24)16-14-27(15-17-32)42(22(2)44)43(30(3,4)5)29(46)47-31(6,7)8/h9-13,18-21,27H,14-17H2,1-8H3,(H,41,45)/t21?,27-,32-. The number of carbonyl (C=O) groups is 3. The van der Waals surface area contributed by atoms with Crippen molar-refractivity contribution in [2.75, 3.05) is 0 Å². The van der Waals surface area contributed by atoms with Gasteiger partial charge >= 0.3 is 18.4 Å². The largest absolute Gasteiger partial charge is 0.442 e. The van der Waals surface area contributed by atoms with Crippen LogP contribution in [0.2, 0.25) is 0 Å². The van der Waals surface area contributed by atoms with Crippen molar-refractivity contribution in [3.63, 3.8) is 0 Å². The van der Waals surface area contributed by atoms with Gasteiger partial charge in [0.15, 0.2) is 0 Å². The van der Waals surface area contributed by atoms with Crippen molar-refractivity contribution in [1.29, 1.82) is 0 Å². The molecule has 2 aromatic rings. The van der Waals surface area contributed by atoms with Gasteiger partial charge in [-0.1, -0.05) is 30.3 Å². The predicted octanol–water partition coefficient (Wildman–Crippen LogP) is 8.58. The lowest BCUT2D eigenvalue weighted by Gasteiger charge is -2.50. The molecular formula is C34H43F6N3O4. The van der Waals surface area contributed by atoms with Crippen molar-refractivity contribution in [3.8, 4) is 0 Å². The first-order valence-electron chi connectivity index (χ1n) is 15.4. The smallest absolute Gasteiger partial charge is 0.429 e. The van der Waals surface area contributed by atoms with Gasteiger partial charge in [0.2, 0.25) is 11.8 Å². The highest BCUT2D eigenvalue weighted by molar-refractivity contribution is 5.84. The minimum absolute atomic E-state index is 0.0276. The van der Waals surface area contributed by atoms with Gasteiger partial charge in [-0.05, 0) is 103 Å². The van der Waals surface area contributed by atoms with Gasteiger partial charge in [-0.2, -0.15) is 26.3 Å². The number of alkyl halides is 6. The summed E-state index contributed by atoms with van der Waals surface area (Å²) in [5.41, 5.74) is -5.49. The van der Waals surface area contributed by atoms with Gasteiger partial charge in [-0.25, -0.2) is 14.8 Å². The fourth-order valence-corrected chi connectivity index (χ4v) is 5.86. The van der Waals surface area contributed by atoms with E-state index in [-0.39, 0.29) is 18.9 Å². The molecule has 1 N–H and O–H groups in total. The third-order valence-electron chi connectivity index (χ3n) is 8.09. The molecule has 13 heteroatoms. The highest BCUT2D eigenvalue weighted by atomic mass is 19.4. The maximum absolute atomic E-state index is 13.7. The lowest BCUT2D eigenvalue weighted by atomic mass is 9.74. The van der Waals surface area contributed by atoms with Crippen LogP contribution < -0.4 is 5.32 Å². The summed E-state index contributed by atoms with van der Waals surface area (Å²) in [7, 11) is 0. The molecule has 3 rings (SSSR count). The Morgan fingerprint density at radius 1 is 0.851 bits per heavy atom. The second kappa shape index (κ2) is 13.4. The maximum atomic E-state index is 13.7. The molecule has 1 aliphatic carbocycles. The topological polar surface area (TPSA) is 79.0 Å². The van der Waals surface area contributed by atoms with E-state index in [0.717, 1.165) is 0 Å². The van der Waals surface area contributed by atoms with Gasteiger partial charge in [-0.3, -0.25) is 9.59 Å². The van der Waals surface area contributed by atoms with Crippen LogP contribution in [-0.4, -0.2) is 45.1 Å². The SMILES string of the molecule is CC(=O)N([C@H]1CC[C@@](NC(=O)C(C)c2cc(C(F)(F)F)cc(C(F)(F)F)c2)(c2ccccc2)CC1)N(C(=O)OC(C)(C)C)C(C)(C)C. The monoisotopic (exact) mass is 671 g/mol. The van der Waals surface area contributed by atoms with E-state index in [0.29, 0.717) is 30.5 Å². The molecule has 0 saturated heterocycles. The summed E-state index contributed by atoms with van der Waals surface area (Å²) in [6.07, 6.45) is -9.70. The average molecular weight is 672 g/mol. The number of amides is 3. The number of rotatable bonds is 5. The summed E-state index contributed by atoms with van der Waals surface area (Å²) in [6.45, 7) is 13.0. The molecule has 260 valence electrons. The molecule has 0 heterocycles. The highest BCUT2D eigenvalue weighted by Crippen LogP contribution is 2.42. The number of nitrogens with zero attached hydrogens (tertiary/aromatic N) is 2. The van der Waals surface area contributed by atoms with Gasteiger partial charge in [-0.15, -0.1) is 0 Å². The molecule has 1 unspecified atom stereocenters. The second-order valence-electron chi connectivity index (χ2n) is 14.1. The van der Waals surface area contributed by atoms with Crippen LogP contribution in [0.4, 0.5) is 31.1 Å². The molecule has 47 heavy (non-hydrogen) atoms. The zero-order valence-corrected chi connectivity index (χ0v) is 27.9. The van der Waals surface area contributed by atoms with E-state index in [4.69, 9.17) is 4.74 Å². The summed E-state index contributed by atoms with van der Waals surface area (Å²) < 4.78 is 86.9. The minimum Gasteiger partial charge on any atom is -0.442 e. The first kappa shape index (κ1) is 37.7. The Kier molecular flexibility index (Phi) is 10.7. The second-order valence-corrected chi connectivity index (χ2v) is 14.1.